The van der Waals surface area contributed by atoms with Crippen molar-refractivity contribution in [3.8, 4) is 11.4 Å². The summed E-state index contributed by atoms with van der Waals surface area (Å²) in [4.78, 5) is 9.30. The molecule has 0 fully saturated rings. The van der Waals surface area contributed by atoms with Crippen LogP contribution in [0.1, 0.15) is 5.69 Å². The average Bonchev–Trinajstić information content (AvgIpc) is 2.77. The van der Waals surface area contributed by atoms with Gasteiger partial charge in [0.1, 0.15) is 5.82 Å². The van der Waals surface area contributed by atoms with Crippen molar-refractivity contribution in [1.82, 2.24) is 9.97 Å². The monoisotopic (exact) mass is 217 g/mol. The third-order valence-corrected chi connectivity index (χ3v) is 2.46. The third-order valence-electron chi connectivity index (χ3n) is 2.46. The van der Waals surface area contributed by atoms with Gasteiger partial charge in [-0.3, -0.25) is 0 Å². The van der Waals surface area contributed by atoms with Crippen LogP contribution in [0.15, 0.2) is 30.5 Å². The molecule has 0 atom stereocenters. The minimum atomic E-state index is -0.0111. The first kappa shape index (κ1) is 10.7. The summed E-state index contributed by atoms with van der Waals surface area (Å²) in [5.74, 6) is 0.786. The summed E-state index contributed by atoms with van der Waals surface area (Å²) in [6, 6.07) is 8.09. The molecule has 1 aromatic carbocycles. The number of nitrogens with zero attached hydrogens (tertiary/aromatic N) is 2. The highest BCUT2D eigenvalue weighted by atomic mass is 16.3. The highest BCUT2D eigenvalue weighted by molar-refractivity contribution is 5.60. The first-order valence-corrected chi connectivity index (χ1v) is 5.13. The molecule has 1 heterocycles. The average molecular weight is 217 g/mol. The molecule has 0 bridgehead atoms. The number of imidazole rings is 1. The minimum absolute atomic E-state index is 0.0111. The molecule has 0 unspecified atom stereocenters. The first-order chi connectivity index (χ1) is 7.70. The maximum atomic E-state index is 8.94. The van der Waals surface area contributed by atoms with Crippen molar-refractivity contribution in [3.05, 3.63) is 36.2 Å². The molecule has 0 amide bonds. The van der Waals surface area contributed by atoms with E-state index in [0.29, 0.717) is 0 Å². The van der Waals surface area contributed by atoms with Crippen molar-refractivity contribution in [2.45, 2.75) is 6.61 Å². The van der Waals surface area contributed by atoms with E-state index in [1.54, 1.807) is 6.20 Å². The number of aliphatic hydroxyl groups is 1. The van der Waals surface area contributed by atoms with Gasteiger partial charge >= 0.3 is 0 Å². The molecule has 4 nitrogen and oxygen atoms in total. The van der Waals surface area contributed by atoms with Gasteiger partial charge in [-0.1, -0.05) is 0 Å². The number of nitrogens with one attached hydrogen (secondary N) is 1. The zero-order valence-corrected chi connectivity index (χ0v) is 9.44. The Morgan fingerprint density at radius 1 is 1.25 bits per heavy atom. The Morgan fingerprint density at radius 2 is 1.94 bits per heavy atom. The Labute approximate surface area is 94.6 Å². The molecule has 84 valence electrons. The summed E-state index contributed by atoms with van der Waals surface area (Å²) in [6.45, 7) is -0.0111. The molecular weight excluding hydrogens is 202 g/mol. The number of hydrogen-bond donors (Lipinski definition) is 2. The lowest BCUT2D eigenvalue weighted by Crippen LogP contribution is -2.07. The Kier molecular flexibility index (Phi) is 2.92. The van der Waals surface area contributed by atoms with Crippen LogP contribution in [-0.4, -0.2) is 29.2 Å². The lowest BCUT2D eigenvalue weighted by Gasteiger charge is -2.12. The number of aromatic nitrogens is 2. The SMILES string of the molecule is CN(C)c1ccc(-c2ncc(CO)[nH]2)cc1. The summed E-state index contributed by atoms with van der Waals surface area (Å²) < 4.78 is 0. The molecular formula is C12H15N3O. The number of H-pyrrole nitrogens is 1. The van der Waals surface area contributed by atoms with Crippen molar-refractivity contribution in [1.29, 1.82) is 0 Å². The zero-order chi connectivity index (χ0) is 11.5. The van der Waals surface area contributed by atoms with E-state index in [0.717, 1.165) is 22.8 Å². The summed E-state index contributed by atoms with van der Waals surface area (Å²) in [6.07, 6.45) is 1.65. The maximum absolute atomic E-state index is 8.94. The van der Waals surface area contributed by atoms with Gasteiger partial charge in [-0.15, -0.1) is 0 Å². The molecule has 0 saturated carbocycles. The van der Waals surface area contributed by atoms with E-state index in [-0.39, 0.29) is 6.61 Å². The number of rotatable bonds is 3. The fraction of sp³-hybridized carbons (Fsp3) is 0.250. The fourth-order valence-electron chi connectivity index (χ4n) is 1.50. The molecule has 0 spiro atoms. The normalized spacial score (nSPS) is 10.4. The topological polar surface area (TPSA) is 52.1 Å². The summed E-state index contributed by atoms with van der Waals surface area (Å²) in [5, 5.41) is 8.94. The Hall–Kier alpha value is -1.81. The second-order valence-corrected chi connectivity index (χ2v) is 3.86. The number of aliphatic hydroxyl groups excluding tert-OH is 1. The van der Waals surface area contributed by atoms with Gasteiger partial charge in [0.05, 0.1) is 18.5 Å². The summed E-state index contributed by atoms with van der Waals surface area (Å²) in [7, 11) is 4.01. The minimum Gasteiger partial charge on any atom is -0.390 e. The molecule has 2 N–H and O–H groups in total. The van der Waals surface area contributed by atoms with Crippen LogP contribution >= 0.6 is 0 Å². The van der Waals surface area contributed by atoms with E-state index in [2.05, 4.69) is 9.97 Å². The Morgan fingerprint density at radius 3 is 2.44 bits per heavy atom. The van der Waals surface area contributed by atoms with Crippen molar-refractivity contribution in [2.24, 2.45) is 0 Å². The van der Waals surface area contributed by atoms with Crippen molar-refractivity contribution < 1.29 is 5.11 Å². The van der Waals surface area contributed by atoms with Gasteiger partial charge in [-0.2, -0.15) is 0 Å². The van der Waals surface area contributed by atoms with Gasteiger partial charge in [0.15, 0.2) is 0 Å². The van der Waals surface area contributed by atoms with Gasteiger partial charge in [0.2, 0.25) is 0 Å². The smallest absolute Gasteiger partial charge is 0.137 e. The molecule has 16 heavy (non-hydrogen) atoms. The fourth-order valence-corrected chi connectivity index (χ4v) is 1.50. The largest absolute Gasteiger partial charge is 0.390 e. The first-order valence-electron chi connectivity index (χ1n) is 5.13. The van der Waals surface area contributed by atoms with Crippen molar-refractivity contribution >= 4 is 5.69 Å². The highest BCUT2D eigenvalue weighted by Crippen LogP contribution is 2.19. The molecule has 1 aromatic heterocycles. The van der Waals surface area contributed by atoms with Gasteiger partial charge in [-0.25, -0.2) is 4.98 Å². The van der Waals surface area contributed by atoms with Crippen molar-refractivity contribution in [2.75, 3.05) is 19.0 Å². The van der Waals surface area contributed by atoms with E-state index in [1.165, 1.54) is 0 Å². The quantitative estimate of drug-likeness (QED) is 0.821. The van der Waals surface area contributed by atoms with Crippen LogP contribution in [0.3, 0.4) is 0 Å². The molecule has 2 rings (SSSR count). The number of hydrogen-bond acceptors (Lipinski definition) is 3. The predicted octanol–water partition coefficient (Wildman–Crippen LogP) is 1.63. The van der Waals surface area contributed by atoms with E-state index in [9.17, 15) is 0 Å². The van der Waals surface area contributed by atoms with Crippen LogP contribution in [0, 0.1) is 0 Å². The standard InChI is InChI=1S/C12H15N3O/c1-15(2)11-5-3-9(4-6-11)12-13-7-10(8-16)14-12/h3-7,16H,8H2,1-2H3,(H,13,14). The van der Waals surface area contributed by atoms with Gasteiger partial charge in [-0.05, 0) is 24.3 Å². The van der Waals surface area contributed by atoms with E-state index >= 15 is 0 Å². The third kappa shape index (κ3) is 2.06. The number of aromatic amines is 1. The van der Waals surface area contributed by atoms with Crippen LogP contribution in [0.5, 0.6) is 0 Å². The Balaban J connectivity index is 2.27. The maximum Gasteiger partial charge on any atom is 0.137 e. The lowest BCUT2D eigenvalue weighted by atomic mass is 10.2. The van der Waals surface area contributed by atoms with Gasteiger partial charge in [0.25, 0.3) is 0 Å². The second-order valence-electron chi connectivity index (χ2n) is 3.86. The molecule has 0 aliphatic carbocycles. The van der Waals surface area contributed by atoms with Gasteiger partial charge in [0, 0.05) is 25.3 Å². The lowest BCUT2D eigenvalue weighted by molar-refractivity contribution is 0.277. The van der Waals surface area contributed by atoms with E-state index in [1.807, 2.05) is 43.3 Å². The van der Waals surface area contributed by atoms with E-state index in [4.69, 9.17) is 5.11 Å². The van der Waals surface area contributed by atoms with Crippen LogP contribution in [-0.2, 0) is 6.61 Å². The van der Waals surface area contributed by atoms with Crippen LogP contribution < -0.4 is 4.90 Å². The second kappa shape index (κ2) is 4.37. The molecule has 4 heteroatoms. The number of benzene rings is 1. The van der Waals surface area contributed by atoms with Crippen LogP contribution in [0.25, 0.3) is 11.4 Å². The molecule has 0 saturated heterocycles. The highest BCUT2D eigenvalue weighted by Gasteiger charge is 2.03. The van der Waals surface area contributed by atoms with Gasteiger partial charge < -0.3 is 15.0 Å². The van der Waals surface area contributed by atoms with E-state index < -0.39 is 0 Å². The van der Waals surface area contributed by atoms with Crippen LogP contribution in [0.4, 0.5) is 5.69 Å². The van der Waals surface area contributed by atoms with Crippen molar-refractivity contribution in [3.63, 3.8) is 0 Å². The Bertz CT molecular complexity index is 459. The molecule has 0 aliphatic rings. The molecule has 0 radical (unpaired) electrons. The van der Waals surface area contributed by atoms with Crippen LogP contribution in [0.2, 0.25) is 0 Å². The molecule has 0 aliphatic heterocycles. The summed E-state index contributed by atoms with van der Waals surface area (Å²) >= 11 is 0. The molecule has 2 aromatic rings. The summed E-state index contributed by atoms with van der Waals surface area (Å²) in [5.41, 5.74) is 2.90. The predicted molar refractivity (Wildman–Crippen MR) is 64.3 cm³/mol. The zero-order valence-electron chi connectivity index (χ0n) is 9.44. The number of anilines is 1.